The van der Waals surface area contributed by atoms with Crippen LogP contribution in [0.3, 0.4) is 0 Å². The van der Waals surface area contributed by atoms with Crippen molar-refractivity contribution in [3.63, 3.8) is 0 Å². The molecule has 0 aromatic carbocycles. The van der Waals surface area contributed by atoms with Crippen molar-refractivity contribution in [2.45, 2.75) is 19.9 Å². The van der Waals surface area contributed by atoms with Gasteiger partial charge in [-0.1, -0.05) is 13.8 Å². The lowest BCUT2D eigenvalue weighted by molar-refractivity contribution is 0.189. The summed E-state index contributed by atoms with van der Waals surface area (Å²) in [6, 6.07) is 3.23. The topological polar surface area (TPSA) is 68.0 Å². The lowest BCUT2D eigenvalue weighted by atomic mass is 10.1. The summed E-state index contributed by atoms with van der Waals surface area (Å²) >= 11 is 0. The molecule has 0 saturated heterocycles. The number of aliphatic hydroxyl groups excluding tert-OH is 1. The summed E-state index contributed by atoms with van der Waals surface area (Å²) in [7, 11) is 0. The molecule has 0 fully saturated rings. The summed E-state index contributed by atoms with van der Waals surface area (Å²) in [5.41, 5.74) is 0.714. The van der Waals surface area contributed by atoms with Gasteiger partial charge in [0.1, 0.15) is 0 Å². The van der Waals surface area contributed by atoms with E-state index in [4.69, 9.17) is 0 Å². The Balaban J connectivity index is 2.64. The van der Waals surface area contributed by atoms with Crippen molar-refractivity contribution in [2.75, 3.05) is 6.61 Å². The lowest BCUT2D eigenvalue weighted by Crippen LogP contribution is -2.30. The molecule has 2 aromatic rings. The summed E-state index contributed by atoms with van der Waals surface area (Å²) in [4.78, 5) is 20.4. The van der Waals surface area contributed by atoms with Crippen molar-refractivity contribution in [1.82, 2.24) is 14.5 Å². The van der Waals surface area contributed by atoms with Crippen molar-refractivity contribution in [1.29, 1.82) is 0 Å². The molecule has 1 unspecified atom stereocenters. The highest BCUT2D eigenvalue weighted by Gasteiger charge is 2.17. The Labute approximate surface area is 98.8 Å². The SMILES string of the molecule is CC(C)C(CO)n1cnc2cccnc2c1=O. The summed E-state index contributed by atoms with van der Waals surface area (Å²) in [6.45, 7) is 3.82. The molecule has 0 bridgehead atoms. The van der Waals surface area contributed by atoms with E-state index in [-0.39, 0.29) is 24.1 Å². The van der Waals surface area contributed by atoms with Gasteiger partial charge >= 0.3 is 0 Å². The monoisotopic (exact) mass is 233 g/mol. The molecule has 0 saturated carbocycles. The zero-order chi connectivity index (χ0) is 12.4. The second-order valence-electron chi connectivity index (χ2n) is 4.32. The Morgan fingerprint density at radius 1 is 1.41 bits per heavy atom. The van der Waals surface area contributed by atoms with Gasteiger partial charge in [0.15, 0.2) is 5.52 Å². The quantitative estimate of drug-likeness (QED) is 0.858. The summed E-state index contributed by atoms with van der Waals surface area (Å²) in [5.74, 6) is 0.153. The Hall–Kier alpha value is -1.75. The standard InChI is InChI=1S/C12H15N3O2/c1-8(2)10(6-16)15-7-14-9-4-3-5-13-11(9)12(15)17/h3-5,7-8,10,16H,6H2,1-2H3. The maximum absolute atomic E-state index is 12.2. The maximum atomic E-state index is 12.2. The first-order valence-electron chi connectivity index (χ1n) is 5.58. The fourth-order valence-corrected chi connectivity index (χ4v) is 1.82. The van der Waals surface area contributed by atoms with Crippen LogP contribution in [0.2, 0.25) is 0 Å². The van der Waals surface area contributed by atoms with Gasteiger partial charge in [0.25, 0.3) is 5.56 Å². The second kappa shape index (κ2) is 4.63. The van der Waals surface area contributed by atoms with Crippen LogP contribution in [0.5, 0.6) is 0 Å². The minimum absolute atomic E-state index is 0.0857. The highest BCUT2D eigenvalue weighted by Crippen LogP contribution is 2.15. The van der Waals surface area contributed by atoms with Crippen LogP contribution in [-0.2, 0) is 0 Å². The van der Waals surface area contributed by atoms with Crippen LogP contribution in [0.15, 0.2) is 29.5 Å². The molecule has 0 aliphatic heterocycles. The number of aliphatic hydroxyl groups is 1. The molecule has 90 valence electrons. The van der Waals surface area contributed by atoms with Crippen LogP contribution in [-0.4, -0.2) is 26.2 Å². The first kappa shape index (κ1) is 11.7. The van der Waals surface area contributed by atoms with Crippen molar-refractivity contribution in [3.8, 4) is 0 Å². The zero-order valence-electron chi connectivity index (χ0n) is 9.87. The van der Waals surface area contributed by atoms with Gasteiger partial charge in [0.05, 0.1) is 24.5 Å². The minimum atomic E-state index is -0.263. The molecule has 0 amide bonds. The largest absolute Gasteiger partial charge is 0.394 e. The smallest absolute Gasteiger partial charge is 0.280 e. The lowest BCUT2D eigenvalue weighted by Gasteiger charge is -2.20. The van der Waals surface area contributed by atoms with E-state index in [9.17, 15) is 9.90 Å². The highest BCUT2D eigenvalue weighted by molar-refractivity contribution is 5.71. The van der Waals surface area contributed by atoms with Crippen LogP contribution in [0, 0.1) is 5.92 Å². The molecule has 5 heteroatoms. The molecule has 0 aliphatic rings. The van der Waals surface area contributed by atoms with Gasteiger partial charge in [0, 0.05) is 6.20 Å². The Bertz CT molecular complexity index is 577. The summed E-state index contributed by atoms with van der Waals surface area (Å²) < 4.78 is 1.46. The first-order chi connectivity index (χ1) is 8.15. The molecule has 0 radical (unpaired) electrons. The number of hydrogen-bond donors (Lipinski definition) is 1. The average Bonchev–Trinajstić information content (AvgIpc) is 2.33. The van der Waals surface area contributed by atoms with Gasteiger partial charge in [-0.3, -0.25) is 9.36 Å². The summed E-state index contributed by atoms with van der Waals surface area (Å²) in [6.07, 6.45) is 3.05. The average molecular weight is 233 g/mol. The van der Waals surface area contributed by atoms with Crippen LogP contribution in [0.1, 0.15) is 19.9 Å². The van der Waals surface area contributed by atoms with Gasteiger partial charge in [0.2, 0.25) is 0 Å². The van der Waals surface area contributed by atoms with Crippen LogP contribution in [0.25, 0.3) is 11.0 Å². The zero-order valence-corrected chi connectivity index (χ0v) is 9.87. The molecule has 5 nitrogen and oxygen atoms in total. The molecule has 0 spiro atoms. The third-order valence-corrected chi connectivity index (χ3v) is 2.86. The molecule has 1 atom stereocenters. The van der Waals surface area contributed by atoms with Gasteiger partial charge in [-0.05, 0) is 18.1 Å². The fourth-order valence-electron chi connectivity index (χ4n) is 1.82. The number of nitrogens with zero attached hydrogens (tertiary/aromatic N) is 3. The van der Waals surface area contributed by atoms with Gasteiger partial charge in [-0.15, -0.1) is 0 Å². The number of hydrogen-bond acceptors (Lipinski definition) is 4. The van der Waals surface area contributed by atoms with E-state index in [1.165, 1.54) is 10.9 Å². The molecule has 2 aromatic heterocycles. The van der Waals surface area contributed by atoms with Crippen LogP contribution < -0.4 is 5.56 Å². The van der Waals surface area contributed by atoms with E-state index in [1.54, 1.807) is 18.3 Å². The van der Waals surface area contributed by atoms with E-state index in [0.29, 0.717) is 11.0 Å². The number of rotatable bonds is 3. The van der Waals surface area contributed by atoms with E-state index in [2.05, 4.69) is 9.97 Å². The first-order valence-corrected chi connectivity index (χ1v) is 5.58. The van der Waals surface area contributed by atoms with Crippen molar-refractivity contribution in [2.24, 2.45) is 5.92 Å². The summed E-state index contributed by atoms with van der Waals surface area (Å²) in [5, 5.41) is 9.34. The van der Waals surface area contributed by atoms with Crippen molar-refractivity contribution in [3.05, 3.63) is 35.0 Å². The normalized spacial score (nSPS) is 13.2. The van der Waals surface area contributed by atoms with Crippen LogP contribution >= 0.6 is 0 Å². The molecule has 2 heterocycles. The van der Waals surface area contributed by atoms with E-state index in [0.717, 1.165) is 0 Å². The number of fused-ring (bicyclic) bond motifs is 1. The fraction of sp³-hybridized carbons (Fsp3) is 0.417. The number of pyridine rings is 1. The highest BCUT2D eigenvalue weighted by atomic mass is 16.3. The Morgan fingerprint density at radius 2 is 2.18 bits per heavy atom. The third-order valence-electron chi connectivity index (χ3n) is 2.86. The Kier molecular flexibility index (Phi) is 3.19. The van der Waals surface area contributed by atoms with E-state index < -0.39 is 0 Å². The van der Waals surface area contributed by atoms with Gasteiger partial charge in [-0.25, -0.2) is 9.97 Å². The van der Waals surface area contributed by atoms with Crippen molar-refractivity contribution < 1.29 is 5.11 Å². The molecule has 17 heavy (non-hydrogen) atoms. The number of aromatic nitrogens is 3. The molecule has 0 aliphatic carbocycles. The Morgan fingerprint density at radius 3 is 2.82 bits per heavy atom. The molecular weight excluding hydrogens is 218 g/mol. The van der Waals surface area contributed by atoms with Crippen LogP contribution in [0.4, 0.5) is 0 Å². The predicted molar refractivity (Wildman–Crippen MR) is 64.8 cm³/mol. The maximum Gasteiger partial charge on any atom is 0.280 e. The second-order valence-corrected chi connectivity index (χ2v) is 4.32. The van der Waals surface area contributed by atoms with Crippen molar-refractivity contribution >= 4 is 11.0 Å². The molecule has 1 N–H and O–H groups in total. The van der Waals surface area contributed by atoms with E-state index in [1.807, 2.05) is 13.8 Å². The van der Waals surface area contributed by atoms with Gasteiger partial charge < -0.3 is 5.11 Å². The molecule has 2 rings (SSSR count). The molecular formula is C12H15N3O2. The predicted octanol–water partition coefficient (Wildman–Crippen LogP) is 0.981. The minimum Gasteiger partial charge on any atom is -0.394 e. The van der Waals surface area contributed by atoms with E-state index >= 15 is 0 Å². The third kappa shape index (κ3) is 2.06. The van der Waals surface area contributed by atoms with Gasteiger partial charge in [-0.2, -0.15) is 0 Å².